The molecule has 1 fully saturated rings. The Kier molecular flexibility index (Phi) is 5.93. The molecule has 2 N–H and O–H groups in total. The highest BCUT2D eigenvalue weighted by Crippen LogP contribution is 2.33. The van der Waals surface area contributed by atoms with Crippen molar-refractivity contribution in [1.29, 1.82) is 0 Å². The van der Waals surface area contributed by atoms with E-state index in [0.29, 0.717) is 36.0 Å². The van der Waals surface area contributed by atoms with Gasteiger partial charge in [0.2, 0.25) is 10.0 Å². The molecule has 1 atom stereocenters. The Bertz CT molecular complexity index is 803. The van der Waals surface area contributed by atoms with Crippen LogP contribution in [-0.4, -0.2) is 42.6 Å². The number of aromatic nitrogens is 2. The van der Waals surface area contributed by atoms with E-state index >= 15 is 0 Å². The summed E-state index contributed by atoms with van der Waals surface area (Å²) in [5, 5.41) is 10.6. The van der Waals surface area contributed by atoms with Crippen molar-refractivity contribution in [2.45, 2.75) is 24.8 Å². The lowest BCUT2D eigenvalue weighted by Crippen LogP contribution is -2.48. The van der Waals surface area contributed by atoms with Gasteiger partial charge in [-0.15, -0.1) is 12.4 Å². The van der Waals surface area contributed by atoms with Gasteiger partial charge >= 0.3 is 0 Å². The summed E-state index contributed by atoms with van der Waals surface area (Å²) in [5.74, 6) is 0. The predicted molar refractivity (Wildman–Crippen MR) is 96.3 cm³/mol. The third-order valence-corrected chi connectivity index (χ3v) is 6.60. The minimum absolute atomic E-state index is 0. The lowest BCUT2D eigenvalue weighted by Gasteiger charge is -2.35. The SMILES string of the molecule is Cc1n[nH]c(C)c1S(=O)(=O)N1CCNCC1c1ccccc1Cl.Cl. The van der Waals surface area contributed by atoms with E-state index in [4.69, 9.17) is 11.6 Å². The zero-order valence-corrected chi connectivity index (χ0v) is 15.8. The van der Waals surface area contributed by atoms with Gasteiger partial charge in [-0.2, -0.15) is 9.40 Å². The average molecular weight is 391 g/mol. The Morgan fingerprint density at radius 2 is 2.00 bits per heavy atom. The molecule has 0 aliphatic carbocycles. The monoisotopic (exact) mass is 390 g/mol. The molecule has 0 amide bonds. The molecular formula is C15H20Cl2N4O2S. The Hall–Kier alpha value is -1.12. The van der Waals surface area contributed by atoms with E-state index in [2.05, 4.69) is 15.5 Å². The summed E-state index contributed by atoms with van der Waals surface area (Å²) >= 11 is 6.29. The summed E-state index contributed by atoms with van der Waals surface area (Å²) in [6.45, 7) is 4.94. The minimum Gasteiger partial charge on any atom is -0.313 e. The number of aromatic amines is 1. The smallest absolute Gasteiger partial charge is 0.247 e. The molecule has 0 saturated carbocycles. The minimum atomic E-state index is -3.65. The largest absolute Gasteiger partial charge is 0.313 e. The standard InChI is InChI=1S/C15H19ClN4O2S.ClH/c1-10-15(11(2)19-18-10)23(21,22)20-8-7-17-9-14(20)12-5-3-4-6-13(12)16;/h3-6,14,17H,7-9H2,1-2H3,(H,18,19);1H. The van der Waals surface area contributed by atoms with Crippen LogP contribution in [0.5, 0.6) is 0 Å². The zero-order chi connectivity index (χ0) is 16.6. The van der Waals surface area contributed by atoms with Crippen molar-refractivity contribution in [3.05, 3.63) is 46.2 Å². The summed E-state index contributed by atoms with van der Waals surface area (Å²) in [6.07, 6.45) is 0. The van der Waals surface area contributed by atoms with Crippen molar-refractivity contribution < 1.29 is 8.42 Å². The summed E-state index contributed by atoms with van der Waals surface area (Å²) in [7, 11) is -3.65. The maximum atomic E-state index is 13.2. The van der Waals surface area contributed by atoms with Crippen molar-refractivity contribution in [1.82, 2.24) is 19.8 Å². The molecule has 1 aromatic carbocycles. The number of hydrogen-bond donors (Lipinski definition) is 2. The van der Waals surface area contributed by atoms with E-state index in [1.165, 1.54) is 4.31 Å². The summed E-state index contributed by atoms with van der Waals surface area (Å²) < 4.78 is 27.9. The van der Waals surface area contributed by atoms with Crippen LogP contribution >= 0.6 is 24.0 Å². The van der Waals surface area contributed by atoms with Crippen LogP contribution in [0.25, 0.3) is 0 Å². The molecule has 132 valence electrons. The van der Waals surface area contributed by atoms with E-state index < -0.39 is 10.0 Å². The van der Waals surface area contributed by atoms with Crippen LogP contribution in [0.4, 0.5) is 0 Å². The van der Waals surface area contributed by atoms with E-state index in [9.17, 15) is 8.42 Å². The molecule has 0 bridgehead atoms. The summed E-state index contributed by atoms with van der Waals surface area (Å²) in [4.78, 5) is 0.261. The van der Waals surface area contributed by atoms with Crippen LogP contribution in [0.2, 0.25) is 5.02 Å². The van der Waals surface area contributed by atoms with Crippen LogP contribution in [0.1, 0.15) is 23.0 Å². The van der Waals surface area contributed by atoms with Crippen molar-refractivity contribution in [3.63, 3.8) is 0 Å². The maximum Gasteiger partial charge on any atom is 0.247 e. The second-order valence-corrected chi connectivity index (χ2v) is 7.85. The quantitative estimate of drug-likeness (QED) is 0.843. The highest BCUT2D eigenvalue weighted by atomic mass is 35.5. The molecule has 1 saturated heterocycles. The fourth-order valence-corrected chi connectivity index (χ4v) is 5.22. The number of H-pyrrole nitrogens is 1. The van der Waals surface area contributed by atoms with Crippen LogP contribution < -0.4 is 5.32 Å². The van der Waals surface area contributed by atoms with E-state index in [1.54, 1.807) is 19.9 Å². The fraction of sp³-hybridized carbons (Fsp3) is 0.400. The molecule has 1 aliphatic heterocycles. The first-order valence-electron chi connectivity index (χ1n) is 7.41. The number of sulfonamides is 1. The number of piperazine rings is 1. The van der Waals surface area contributed by atoms with Crippen LogP contribution in [0, 0.1) is 13.8 Å². The number of halogens is 2. The zero-order valence-electron chi connectivity index (χ0n) is 13.4. The van der Waals surface area contributed by atoms with Gasteiger partial charge in [0, 0.05) is 24.7 Å². The highest BCUT2D eigenvalue weighted by molar-refractivity contribution is 7.89. The van der Waals surface area contributed by atoms with Gasteiger partial charge in [0.1, 0.15) is 4.90 Å². The molecule has 6 nitrogen and oxygen atoms in total. The maximum absolute atomic E-state index is 13.2. The van der Waals surface area contributed by atoms with E-state index in [-0.39, 0.29) is 23.3 Å². The van der Waals surface area contributed by atoms with Gasteiger partial charge in [-0.1, -0.05) is 29.8 Å². The van der Waals surface area contributed by atoms with Gasteiger partial charge in [-0.25, -0.2) is 8.42 Å². The van der Waals surface area contributed by atoms with Gasteiger partial charge in [0.15, 0.2) is 0 Å². The fourth-order valence-electron chi connectivity index (χ4n) is 3.02. The predicted octanol–water partition coefficient (Wildman–Crippen LogP) is 2.44. The van der Waals surface area contributed by atoms with Crippen LogP contribution in [-0.2, 0) is 10.0 Å². The first kappa shape index (κ1) is 19.2. The topological polar surface area (TPSA) is 78.1 Å². The number of aryl methyl sites for hydroxylation is 2. The Morgan fingerprint density at radius 3 is 2.62 bits per heavy atom. The summed E-state index contributed by atoms with van der Waals surface area (Å²) in [6, 6.07) is 7.03. The van der Waals surface area contributed by atoms with E-state index in [0.717, 1.165) is 5.56 Å². The van der Waals surface area contributed by atoms with Crippen molar-refractivity contribution >= 4 is 34.0 Å². The molecule has 1 aliphatic rings. The molecule has 0 radical (unpaired) electrons. The third kappa shape index (κ3) is 3.32. The Labute approximate surface area is 153 Å². The lowest BCUT2D eigenvalue weighted by molar-refractivity contribution is 0.271. The van der Waals surface area contributed by atoms with Crippen molar-refractivity contribution in [2.24, 2.45) is 0 Å². The number of nitrogens with zero attached hydrogens (tertiary/aromatic N) is 2. The van der Waals surface area contributed by atoms with Gasteiger partial charge in [-0.05, 0) is 25.5 Å². The molecule has 1 aromatic heterocycles. The highest BCUT2D eigenvalue weighted by Gasteiger charge is 2.37. The molecule has 1 unspecified atom stereocenters. The van der Waals surface area contributed by atoms with Crippen molar-refractivity contribution in [3.8, 4) is 0 Å². The third-order valence-electron chi connectivity index (χ3n) is 4.09. The summed E-state index contributed by atoms with van der Waals surface area (Å²) in [5.41, 5.74) is 1.85. The molecule has 2 heterocycles. The first-order valence-corrected chi connectivity index (χ1v) is 9.23. The number of hydrogen-bond acceptors (Lipinski definition) is 4. The molecule has 9 heteroatoms. The Balaban J connectivity index is 0.00000208. The molecule has 0 spiro atoms. The molecule has 24 heavy (non-hydrogen) atoms. The molecule has 3 rings (SSSR count). The normalized spacial score (nSPS) is 19.0. The van der Waals surface area contributed by atoms with Crippen LogP contribution in [0.15, 0.2) is 29.2 Å². The van der Waals surface area contributed by atoms with Gasteiger partial charge in [0.25, 0.3) is 0 Å². The second-order valence-electron chi connectivity index (χ2n) is 5.62. The number of rotatable bonds is 3. The molecule has 2 aromatic rings. The van der Waals surface area contributed by atoms with E-state index in [1.807, 2.05) is 18.2 Å². The number of benzene rings is 1. The molecular weight excluding hydrogens is 371 g/mol. The number of nitrogens with one attached hydrogen (secondary N) is 2. The lowest BCUT2D eigenvalue weighted by atomic mass is 10.1. The van der Waals surface area contributed by atoms with Gasteiger partial charge < -0.3 is 5.32 Å². The van der Waals surface area contributed by atoms with Gasteiger partial charge in [-0.3, -0.25) is 5.10 Å². The Morgan fingerprint density at radius 1 is 1.29 bits per heavy atom. The average Bonchev–Trinajstić information content (AvgIpc) is 2.87. The first-order chi connectivity index (χ1) is 10.9. The van der Waals surface area contributed by atoms with Gasteiger partial charge in [0.05, 0.1) is 17.4 Å². The van der Waals surface area contributed by atoms with Crippen LogP contribution in [0.3, 0.4) is 0 Å². The second kappa shape index (κ2) is 7.41. The van der Waals surface area contributed by atoms with Crippen molar-refractivity contribution in [2.75, 3.05) is 19.6 Å².